The van der Waals surface area contributed by atoms with Crippen LogP contribution in [0, 0.1) is 12.7 Å². The largest absolute Gasteiger partial charge is 0.273 e. The lowest BCUT2D eigenvalue weighted by atomic mass is 10.1. The van der Waals surface area contributed by atoms with E-state index in [2.05, 4.69) is 5.43 Å². The topological polar surface area (TPSA) is 75.3 Å². The molecule has 2 rings (SSSR count). The Morgan fingerprint density at radius 3 is 2.48 bits per heavy atom. The number of hydrogen-bond acceptors (Lipinski definition) is 3. The Bertz CT molecular complexity index is 775. The van der Waals surface area contributed by atoms with Gasteiger partial charge < -0.3 is 0 Å². The molecule has 0 aromatic heterocycles. The van der Waals surface area contributed by atoms with Gasteiger partial charge in [0.1, 0.15) is 5.82 Å². The zero-order chi connectivity index (χ0) is 15.5. The highest BCUT2D eigenvalue weighted by molar-refractivity contribution is 7.89. The van der Waals surface area contributed by atoms with Gasteiger partial charge in [-0.05, 0) is 36.8 Å². The zero-order valence-electron chi connectivity index (χ0n) is 11.1. The molecule has 0 bridgehead atoms. The minimum atomic E-state index is -4.02. The van der Waals surface area contributed by atoms with Crippen LogP contribution in [-0.2, 0) is 10.0 Å². The van der Waals surface area contributed by atoms with Crippen LogP contribution in [-0.4, -0.2) is 14.3 Å². The summed E-state index contributed by atoms with van der Waals surface area (Å²) in [7, 11) is -4.02. The van der Waals surface area contributed by atoms with E-state index < -0.39 is 21.7 Å². The van der Waals surface area contributed by atoms with Gasteiger partial charge in [-0.15, -0.1) is 4.83 Å². The van der Waals surface area contributed by atoms with E-state index in [1.165, 1.54) is 12.1 Å². The second-order valence-corrected chi connectivity index (χ2v) is 6.01. The quantitative estimate of drug-likeness (QED) is 0.845. The molecule has 5 nitrogen and oxygen atoms in total. The van der Waals surface area contributed by atoms with Crippen LogP contribution in [0.25, 0.3) is 0 Å². The van der Waals surface area contributed by atoms with E-state index in [1.54, 1.807) is 31.2 Å². The minimum Gasteiger partial charge on any atom is -0.273 e. The summed E-state index contributed by atoms with van der Waals surface area (Å²) in [6.07, 6.45) is 0. The molecule has 0 fully saturated rings. The molecular weight excluding hydrogens is 295 g/mol. The number of amides is 1. The maximum Gasteiger partial charge on any atom is 0.266 e. The van der Waals surface area contributed by atoms with Gasteiger partial charge in [0, 0.05) is 5.56 Å². The molecule has 110 valence electrons. The summed E-state index contributed by atoms with van der Waals surface area (Å²) in [5.74, 6) is -1.27. The van der Waals surface area contributed by atoms with Crippen LogP contribution in [0.4, 0.5) is 4.39 Å². The molecule has 0 aliphatic heterocycles. The van der Waals surface area contributed by atoms with Crippen molar-refractivity contribution >= 4 is 15.9 Å². The first-order chi connectivity index (χ1) is 9.90. The summed E-state index contributed by atoms with van der Waals surface area (Å²) in [6.45, 7) is 1.73. The van der Waals surface area contributed by atoms with Gasteiger partial charge in [-0.2, -0.15) is 0 Å². The van der Waals surface area contributed by atoms with Crippen molar-refractivity contribution in [1.82, 2.24) is 10.3 Å². The smallest absolute Gasteiger partial charge is 0.266 e. The molecule has 0 saturated heterocycles. The standard InChI is InChI=1S/C14H13FN2O3S/c1-10-5-2-3-8-13(10)14(18)16-17-21(19,20)12-7-4-6-11(15)9-12/h2-9,17H,1H3,(H,16,18). The van der Waals surface area contributed by atoms with Crippen molar-refractivity contribution in [3.63, 3.8) is 0 Å². The first kappa shape index (κ1) is 15.1. The number of hydrazine groups is 1. The van der Waals surface area contributed by atoms with E-state index in [4.69, 9.17) is 0 Å². The second-order valence-electron chi connectivity index (χ2n) is 4.33. The number of halogens is 1. The van der Waals surface area contributed by atoms with E-state index in [0.717, 1.165) is 12.1 Å². The van der Waals surface area contributed by atoms with Crippen LogP contribution in [0.3, 0.4) is 0 Å². The Balaban J connectivity index is 2.12. The van der Waals surface area contributed by atoms with Gasteiger partial charge >= 0.3 is 0 Å². The van der Waals surface area contributed by atoms with E-state index in [1.807, 2.05) is 4.83 Å². The Hall–Kier alpha value is -2.25. The number of hydrogen-bond donors (Lipinski definition) is 2. The van der Waals surface area contributed by atoms with Crippen molar-refractivity contribution < 1.29 is 17.6 Å². The van der Waals surface area contributed by atoms with E-state index in [9.17, 15) is 17.6 Å². The SMILES string of the molecule is Cc1ccccc1C(=O)NNS(=O)(=O)c1cccc(F)c1. The van der Waals surface area contributed by atoms with E-state index in [-0.39, 0.29) is 4.90 Å². The molecule has 0 radical (unpaired) electrons. The molecule has 0 aliphatic carbocycles. The van der Waals surface area contributed by atoms with Crippen LogP contribution in [0.1, 0.15) is 15.9 Å². The van der Waals surface area contributed by atoms with Gasteiger partial charge in [0.05, 0.1) is 4.90 Å². The highest BCUT2D eigenvalue weighted by Crippen LogP contribution is 2.10. The number of nitrogens with one attached hydrogen (secondary N) is 2. The van der Waals surface area contributed by atoms with Crippen LogP contribution < -0.4 is 10.3 Å². The number of carbonyl (C=O) groups excluding carboxylic acids is 1. The first-order valence-electron chi connectivity index (χ1n) is 6.03. The average Bonchev–Trinajstić information content (AvgIpc) is 2.45. The Morgan fingerprint density at radius 2 is 1.81 bits per heavy atom. The second kappa shape index (κ2) is 6.02. The fourth-order valence-corrected chi connectivity index (χ4v) is 2.57. The fourth-order valence-electron chi connectivity index (χ4n) is 1.70. The number of rotatable bonds is 4. The summed E-state index contributed by atoms with van der Waals surface area (Å²) < 4.78 is 36.9. The summed E-state index contributed by atoms with van der Waals surface area (Å²) in [6, 6.07) is 11.2. The van der Waals surface area contributed by atoms with Crippen LogP contribution in [0.2, 0.25) is 0 Å². The molecule has 0 aliphatic rings. The summed E-state index contributed by atoms with van der Waals surface area (Å²) >= 11 is 0. The molecule has 2 aromatic carbocycles. The van der Waals surface area contributed by atoms with E-state index in [0.29, 0.717) is 11.1 Å². The van der Waals surface area contributed by atoms with Gasteiger partial charge in [0.25, 0.3) is 15.9 Å². The maximum absolute atomic E-state index is 13.0. The number of benzene rings is 2. The van der Waals surface area contributed by atoms with Gasteiger partial charge in [0.2, 0.25) is 0 Å². The highest BCUT2D eigenvalue weighted by atomic mass is 32.2. The molecule has 1 amide bonds. The van der Waals surface area contributed by atoms with Crippen molar-refractivity contribution in [2.24, 2.45) is 0 Å². The zero-order valence-corrected chi connectivity index (χ0v) is 11.9. The first-order valence-corrected chi connectivity index (χ1v) is 7.52. The molecule has 0 atom stereocenters. The minimum absolute atomic E-state index is 0.271. The van der Waals surface area contributed by atoms with Crippen molar-refractivity contribution in [2.45, 2.75) is 11.8 Å². The average molecular weight is 308 g/mol. The normalized spacial score (nSPS) is 11.1. The third-order valence-electron chi connectivity index (χ3n) is 2.80. The van der Waals surface area contributed by atoms with Gasteiger partial charge in [-0.1, -0.05) is 24.3 Å². The van der Waals surface area contributed by atoms with Gasteiger partial charge in [-0.25, -0.2) is 12.8 Å². The molecule has 0 unspecified atom stereocenters. The Morgan fingerprint density at radius 1 is 1.10 bits per heavy atom. The monoisotopic (exact) mass is 308 g/mol. The summed E-state index contributed by atoms with van der Waals surface area (Å²) in [4.78, 5) is 13.6. The fraction of sp³-hybridized carbons (Fsp3) is 0.0714. The summed E-state index contributed by atoms with van der Waals surface area (Å²) in [5.41, 5.74) is 3.15. The predicted molar refractivity (Wildman–Crippen MR) is 75.4 cm³/mol. The van der Waals surface area contributed by atoms with Gasteiger partial charge in [-0.3, -0.25) is 10.2 Å². The molecule has 0 saturated carbocycles. The molecule has 0 spiro atoms. The van der Waals surface area contributed by atoms with Gasteiger partial charge in [0.15, 0.2) is 0 Å². The van der Waals surface area contributed by atoms with Crippen LogP contribution >= 0.6 is 0 Å². The van der Waals surface area contributed by atoms with Crippen molar-refractivity contribution in [2.75, 3.05) is 0 Å². The molecular formula is C14H13FN2O3S. The van der Waals surface area contributed by atoms with Crippen molar-refractivity contribution in [1.29, 1.82) is 0 Å². The summed E-state index contributed by atoms with van der Waals surface area (Å²) in [5, 5.41) is 0. The molecule has 21 heavy (non-hydrogen) atoms. The third kappa shape index (κ3) is 3.65. The van der Waals surface area contributed by atoms with E-state index >= 15 is 0 Å². The Kier molecular flexibility index (Phi) is 4.35. The predicted octanol–water partition coefficient (Wildman–Crippen LogP) is 1.76. The highest BCUT2D eigenvalue weighted by Gasteiger charge is 2.16. The maximum atomic E-state index is 13.0. The lowest BCUT2D eigenvalue weighted by molar-refractivity contribution is 0.0944. The molecule has 7 heteroatoms. The van der Waals surface area contributed by atoms with Crippen LogP contribution in [0.5, 0.6) is 0 Å². The lowest BCUT2D eigenvalue weighted by Crippen LogP contribution is -2.41. The van der Waals surface area contributed by atoms with Crippen molar-refractivity contribution in [3.05, 3.63) is 65.5 Å². The lowest BCUT2D eigenvalue weighted by Gasteiger charge is -2.09. The van der Waals surface area contributed by atoms with Crippen LogP contribution in [0.15, 0.2) is 53.4 Å². The van der Waals surface area contributed by atoms with Crippen molar-refractivity contribution in [3.8, 4) is 0 Å². The number of carbonyl (C=O) groups is 1. The third-order valence-corrected chi connectivity index (χ3v) is 4.04. The molecule has 0 heterocycles. The number of aryl methyl sites for hydroxylation is 1. The molecule has 2 aromatic rings. The molecule has 2 N–H and O–H groups in total. The number of sulfonamides is 1. The Labute approximate surface area is 121 Å².